The SMILES string of the molecule is COC(=O)c1ccc(Nc2cncc(C(=O)NCC3CCCO3)c2)cc1. The molecule has 2 N–H and O–H groups in total. The quantitative estimate of drug-likeness (QED) is 0.774. The van der Waals surface area contributed by atoms with Gasteiger partial charge in [-0.1, -0.05) is 0 Å². The molecule has 0 spiro atoms. The van der Waals surface area contributed by atoms with E-state index in [2.05, 4.69) is 20.4 Å². The minimum atomic E-state index is -0.386. The van der Waals surface area contributed by atoms with Crippen molar-refractivity contribution in [1.29, 1.82) is 0 Å². The van der Waals surface area contributed by atoms with Crippen LogP contribution >= 0.6 is 0 Å². The number of ether oxygens (including phenoxy) is 2. The summed E-state index contributed by atoms with van der Waals surface area (Å²) >= 11 is 0. The van der Waals surface area contributed by atoms with Crippen molar-refractivity contribution in [3.05, 3.63) is 53.9 Å². The zero-order chi connectivity index (χ0) is 18.4. The van der Waals surface area contributed by atoms with E-state index in [1.54, 1.807) is 36.5 Å². The predicted octanol–water partition coefficient (Wildman–Crippen LogP) is 2.52. The van der Waals surface area contributed by atoms with Gasteiger partial charge in [-0.25, -0.2) is 4.79 Å². The van der Waals surface area contributed by atoms with Crippen LogP contribution in [0.1, 0.15) is 33.6 Å². The summed E-state index contributed by atoms with van der Waals surface area (Å²) in [5.74, 6) is -0.569. The van der Waals surface area contributed by atoms with E-state index in [4.69, 9.17) is 4.74 Å². The van der Waals surface area contributed by atoms with E-state index in [9.17, 15) is 9.59 Å². The molecule has 1 fully saturated rings. The number of nitrogens with one attached hydrogen (secondary N) is 2. The molecule has 0 saturated carbocycles. The average Bonchev–Trinajstić information content (AvgIpc) is 3.20. The molecule has 1 aliphatic rings. The van der Waals surface area contributed by atoms with Gasteiger partial charge in [0.15, 0.2) is 0 Å². The Bertz CT molecular complexity index is 771. The summed E-state index contributed by atoms with van der Waals surface area (Å²) in [4.78, 5) is 27.8. The van der Waals surface area contributed by atoms with Crippen LogP contribution < -0.4 is 10.6 Å². The Morgan fingerprint density at radius 1 is 1.19 bits per heavy atom. The minimum absolute atomic E-state index is 0.0987. The first-order valence-electron chi connectivity index (χ1n) is 8.46. The number of aromatic nitrogens is 1. The molecule has 7 nitrogen and oxygen atoms in total. The van der Waals surface area contributed by atoms with E-state index in [1.807, 2.05) is 0 Å². The molecule has 1 unspecified atom stereocenters. The Hall–Kier alpha value is -2.93. The molecule has 26 heavy (non-hydrogen) atoms. The summed E-state index contributed by atoms with van der Waals surface area (Å²) in [5.41, 5.74) is 2.40. The maximum absolute atomic E-state index is 12.3. The highest BCUT2D eigenvalue weighted by atomic mass is 16.5. The van der Waals surface area contributed by atoms with E-state index in [-0.39, 0.29) is 18.0 Å². The Balaban J connectivity index is 1.61. The molecule has 7 heteroatoms. The molecule has 136 valence electrons. The van der Waals surface area contributed by atoms with Gasteiger partial charge in [0.1, 0.15) is 0 Å². The normalized spacial score (nSPS) is 16.1. The number of esters is 1. The van der Waals surface area contributed by atoms with Crippen molar-refractivity contribution in [2.75, 3.05) is 25.6 Å². The largest absolute Gasteiger partial charge is 0.465 e. The van der Waals surface area contributed by atoms with Crippen molar-refractivity contribution in [2.45, 2.75) is 18.9 Å². The lowest BCUT2D eigenvalue weighted by molar-refractivity contribution is 0.0600. The number of hydrogen-bond acceptors (Lipinski definition) is 6. The zero-order valence-corrected chi connectivity index (χ0v) is 14.5. The van der Waals surface area contributed by atoms with E-state index >= 15 is 0 Å². The molecule has 0 radical (unpaired) electrons. The number of pyridine rings is 1. The molecule has 1 aliphatic heterocycles. The van der Waals surface area contributed by atoms with Crippen LogP contribution in [0.2, 0.25) is 0 Å². The number of methoxy groups -OCH3 is 1. The van der Waals surface area contributed by atoms with Gasteiger partial charge < -0.3 is 20.1 Å². The van der Waals surface area contributed by atoms with Crippen LogP contribution in [0.4, 0.5) is 11.4 Å². The summed E-state index contributed by atoms with van der Waals surface area (Å²) in [6, 6.07) is 8.58. The molecular weight excluding hydrogens is 334 g/mol. The van der Waals surface area contributed by atoms with E-state index in [0.717, 1.165) is 25.1 Å². The summed E-state index contributed by atoms with van der Waals surface area (Å²) in [7, 11) is 1.34. The first kappa shape index (κ1) is 17.9. The van der Waals surface area contributed by atoms with Gasteiger partial charge in [0.05, 0.1) is 36.2 Å². The highest BCUT2D eigenvalue weighted by Gasteiger charge is 2.17. The summed E-state index contributed by atoms with van der Waals surface area (Å²) < 4.78 is 10.2. The van der Waals surface area contributed by atoms with Crippen LogP contribution in [0.15, 0.2) is 42.7 Å². The lowest BCUT2D eigenvalue weighted by atomic mass is 10.2. The fraction of sp³-hybridized carbons (Fsp3) is 0.316. The van der Waals surface area contributed by atoms with Crippen LogP contribution in [0.25, 0.3) is 0 Å². The van der Waals surface area contributed by atoms with Gasteiger partial charge in [-0.05, 0) is 43.2 Å². The monoisotopic (exact) mass is 355 g/mol. The number of rotatable bonds is 6. The number of benzene rings is 1. The molecule has 0 bridgehead atoms. The predicted molar refractivity (Wildman–Crippen MR) is 96.6 cm³/mol. The third-order valence-corrected chi connectivity index (χ3v) is 4.11. The maximum Gasteiger partial charge on any atom is 0.337 e. The Morgan fingerprint density at radius 2 is 2.00 bits per heavy atom. The summed E-state index contributed by atoms with van der Waals surface area (Å²) in [6.45, 7) is 1.27. The number of hydrogen-bond donors (Lipinski definition) is 2. The van der Waals surface area contributed by atoms with E-state index in [0.29, 0.717) is 23.4 Å². The number of nitrogens with zero attached hydrogens (tertiary/aromatic N) is 1. The van der Waals surface area contributed by atoms with Gasteiger partial charge in [-0.2, -0.15) is 0 Å². The highest BCUT2D eigenvalue weighted by molar-refractivity contribution is 5.95. The Kier molecular flexibility index (Phi) is 5.80. The number of anilines is 2. The molecule has 1 amide bonds. The molecule has 1 aromatic carbocycles. The molecule has 3 rings (SSSR count). The van der Waals surface area contributed by atoms with Crippen LogP contribution in [-0.4, -0.2) is 43.2 Å². The Labute approximate surface area is 151 Å². The third-order valence-electron chi connectivity index (χ3n) is 4.11. The molecule has 2 heterocycles. The lowest BCUT2D eigenvalue weighted by Crippen LogP contribution is -2.31. The molecule has 0 aliphatic carbocycles. The highest BCUT2D eigenvalue weighted by Crippen LogP contribution is 2.18. The van der Waals surface area contributed by atoms with Crippen molar-refractivity contribution >= 4 is 23.3 Å². The van der Waals surface area contributed by atoms with Gasteiger partial charge in [0.25, 0.3) is 5.91 Å². The second-order valence-electron chi connectivity index (χ2n) is 6.00. The summed E-state index contributed by atoms with van der Waals surface area (Å²) in [5, 5.41) is 6.04. The number of amides is 1. The third kappa shape index (κ3) is 4.58. The van der Waals surface area contributed by atoms with Crippen molar-refractivity contribution in [1.82, 2.24) is 10.3 Å². The molecule has 1 aromatic heterocycles. The smallest absolute Gasteiger partial charge is 0.337 e. The van der Waals surface area contributed by atoms with Gasteiger partial charge in [0.2, 0.25) is 0 Å². The first-order valence-corrected chi connectivity index (χ1v) is 8.46. The minimum Gasteiger partial charge on any atom is -0.465 e. The van der Waals surface area contributed by atoms with Gasteiger partial charge >= 0.3 is 5.97 Å². The topological polar surface area (TPSA) is 89.5 Å². The standard InChI is InChI=1S/C19H21N3O4/c1-25-19(24)13-4-6-15(7-5-13)22-16-9-14(10-20-11-16)18(23)21-12-17-3-2-8-26-17/h4-7,9-11,17,22H,2-3,8,12H2,1H3,(H,21,23). The van der Waals surface area contributed by atoms with Gasteiger partial charge in [0, 0.05) is 25.0 Å². The molecule has 1 atom stereocenters. The van der Waals surface area contributed by atoms with E-state index in [1.165, 1.54) is 13.3 Å². The lowest BCUT2D eigenvalue weighted by Gasteiger charge is -2.11. The van der Waals surface area contributed by atoms with Gasteiger partial charge in [-0.3, -0.25) is 9.78 Å². The van der Waals surface area contributed by atoms with Crippen molar-refractivity contribution in [2.24, 2.45) is 0 Å². The van der Waals surface area contributed by atoms with E-state index < -0.39 is 0 Å². The van der Waals surface area contributed by atoms with Crippen LogP contribution in [0, 0.1) is 0 Å². The fourth-order valence-electron chi connectivity index (χ4n) is 2.72. The zero-order valence-electron chi connectivity index (χ0n) is 14.5. The molecule has 2 aromatic rings. The van der Waals surface area contributed by atoms with Crippen molar-refractivity contribution < 1.29 is 19.1 Å². The van der Waals surface area contributed by atoms with Crippen molar-refractivity contribution in [3.63, 3.8) is 0 Å². The van der Waals surface area contributed by atoms with Crippen LogP contribution in [0.5, 0.6) is 0 Å². The van der Waals surface area contributed by atoms with Crippen LogP contribution in [-0.2, 0) is 9.47 Å². The van der Waals surface area contributed by atoms with Crippen molar-refractivity contribution in [3.8, 4) is 0 Å². The second-order valence-corrected chi connectivity index (χ2v) is 6.00. The Morgan fingerprint density at radius 3 is 2.69 bits per heavy atom. The summed E-state index contributed by atoms with van der Waals surface area (Å²) in [6.07, 6.45) is 5.26. The van der Waals surface area contributed by atoms with Crippen LogP contribution in [0.3, 0.4) is 0 Å². The number of carbonyl (C=O) groups is 2. The molecular formula is C19H21N3O4. The average molecular weight is 355 g/mol. The molecule has 1 saturated heterocycles. The van der Waals surface area contributed by atoms with Gasteiger partial charge in [-0.15, -0.1) is 0 Å². The first-order chi connectivity index (χ1) is 12.7. The second kappa shape index (κ2) is 8.44. The number of carbonyl (C=O) groups excluding carboxylic acids is 2. The fourth-order valence-corrected chi connectivity index (χ4v) is 2.72. The maximum atomic E-state index is 12.3.